The van der Waals surface area contributed by atoms with Crippen molar-refractivity contribution >= 4 is 17.9 Å². The molecule has 0 bridgehead atoms. The first-order valence-corrected chi connectivity index (χ1v) is 19.8. The molecule has 0 saturated carbocycles. The van der Waals surface area contributed by atoms with E-state index in [1.165, 1.54) is 51.4 Å². The second-order valence-electron chi connectivity index (χ2n) is 14.2. The van der Waals surface area contributed by atoms with Crippen LogP contribution in [0.1, 0.15) is 142 Å². The first kappa shape index (κ1) is 48.0. The minimum atomic E-state index is -0.888. The van der Waals surface area contributed by atoms with Crippen molar-refractivity contribution in [3.8, 4) is 0 Å². The van der Waals surface area contributed by atoms with Gasteiger partial charge in [-0.15, -0.1) is 0 Å². The van der Waals surface area contributed by atoms with Crippen molar-refractivity contribution in [1.29, 1.82) is 0 Å². The summed E-state index contributed by atoms with van der Waals surface area (Å²) in [6.07, 6.45) is 39.9. The van der Waals surface area contributed by atoms with E-state index in [-0.39, 0.29) is 42.7 Å². The maximum Gasteiger partial charge on any atom is 0.362 e. The lowest BCUT2D eigenvalue weighted by atomic mass is 10.1. The molecule has 2 unspecified atom stereocenters. The summed E-state index contributed by atoms with van der Waals surface area (Å²) in [7, 11) is 5.49. The molecule has 0 aliphatic carbocycles. The van der Waals surface area contributed by atoms with Crippen LogP contribution >= 0.6 is 0 Å². The predicted molar refractivity (Wildman–Crippen MR) is 211 cm³/mol. The third kappa shape index (κ3) is 32.7. The van der Waals surface area contributed by atoms with Crippen molar-refractivity contribution in [2.75, 3.05) is 41.0 Å². The van der Waals surface area contributed by atoms with Crippen LogP contribution in [-0.4, -0.2) is 80.6 Å². The first-order valence-electron chi connectivity index (χ1n) is 19.8. The number of unbranched alkanes of at least 4 members (excludes halogenated alkanes) is 10. The van der Waals surface area contributed by atoms with Gasteiger partial charge in [0.2, 0.25) is 0 Å². The number of carbonyl (C=O) groups is 3. The van der Waals surface area contributed by atoms with Crippen LogP contribution in [0.2, 0.25) is 0 Å². The van der Waals surface area contributed by atoms with Crippen LogP contribution in [0.15, 0.2) is 60.8 Å². The van der Waals surface area contributed by atoms with E-state index in [1.54, 1.807) is 0 Å². The molecule has 1 N–H and O–H groups in total. The maximum absolute atomic E-state index is 12.6. The Morgan fingerprint density at radius 3 is 1.59 bits per heavy atom. The average molecular weight is 717 g/mol. The molecule has 0 radical (unpaired) electrons. The molecule has 0 aliphatic heterocycles. The van der Waals surface area contributed by atoms with Gasteiger partial charge < -0.3 is 23.8 Å². The molecule has 0 aliphatic rings. The number of carboxylic acid groups (broad SMARTS) is 1. The molecule has 0 fully saturated rings. The molecule has 0 spiro atoms. The number of rotatable bonds is 34. The van der Waals surface area contributed by atoms with Gasteiger partial charge in [-0.3, -0.25) is 9.59 Å². The lowest BCUT2D eigenvalue weighted by molar-refractivity contribution is -0.887. The first-order chi connectivity index (χ1) is 24.6. The predicted octanol–water partition coefficient (Wildman–Crippen LogP) is 10.2. The molecule has 0 aromatic rings. The number of hydrogen-bond acceptors (Lipinski definition) is 6. The van der Waals surface area contributed by atoms with Gasteiger partial charge in [0.15, 0.2) is 12.1 Å². The summed E-state index contributed by atoms with van der Waals surface area (Å²) in [5.74, 6) is -1.58. The molecule has 8 nitrogen and oxygen atoms in total. The SMILES string of the molecule is CC/C=C/C/C=C/C/C=C/C/C=C/C/C=C/CCC(=O)OC(COCCC(C(=O)O)[N+](C)(C)C)COC(=O)CCCCCCCCCCCCC. The van der Waals surface area contributed by atoms with Crippen LogP contribution in [0.5, 0.6) is 0 Å². The van der Waals surface area contributed by atoms with Gasteiger partial charge in [0.05, 0.1) is 34.4 Å². The summed E-state index contributed by atoms with van der Waals surface area (Å²) >= 11 is 0. The normalized spacial score (nSPS) is 13.7. The van der Waals surface area contributed by atoms with Crippen LogP contribution in [0.4, 0.5) is 0 Å². The molecule has 51 heavy (non-hydrogen) atoms. The van der Waals surface area contributed by atoms with E-state index < -0.39 is 18.1 Å². The van der Waals surface area contributed by atoms with Gasteiger partial charge in [0.25, 0.3) is 0 Å². The molecule has 0 heterocycles. The minimum Gasteiger partial charge on any atom is -0.477 e. The Bertz CT molecular complexity index is 1020. The zero-order valence-electron chi connectivity index (χ0n) is 33.0. The van der Waals surface area contributed by atoms with E-state index in [1.807, 2.05) is 33.3 Å². The lowest BCUT2D eigenvalue weighted by Gasteiger charge is -2.31. The van der Waals surface area contributed by atoms with E-state index in [0.717, 1.165) is 51.4 Å². The molecule has 0 saturated heterocycles. The fourth-order valence-corrected chi connectivity index (χ4v) is 5.37. The van der Waals surface area contributed by atoms with Crippen molar-refractivity contribution in [2.24, 2.45) is 0 Å². The fourth-order valence-electron chi connectivity index (χ4n) is 5.37. The quantitative estimate of drug-likeness (QED) is 0.0306. The monoisotopic (exact) mass is 717 g/mol. The molecule has 292 valence electrons. The van der Waals surface area contributed by atoms with Crippen LogP contribution < -0.4 is 0 Å². The highest BCUT2D eigenvalue weighted by Gasteiger charge is 2.31. The largest absolute Gasteiger partial charge is 0.477 e. The Morgan fingerprint density at radius 2 is 1.10 bits per heavy atom. The number of quaternary nitrogens is 1. The lowest BCUT2D eigenvalue weighted by Crippen LogP contribution is -2.50. The van der Waals surface area contributed by atoms with Crippen molar-refractivity contribution in [3.05, 3.63) is 60.8 Å². The topological polar surface area (TPSA) is 99.1 Å². The zero-order valence-corrected chi connectivity index (χ0v) is 33.0. The number of carbonyl (C=O) groups excluding carboxylic acids is 2. The number of ether oxygens (including phenoxy) is 3. The number of allylic oxidation sites excluding steroid dienone is 10. The van der Waals surface area contributed by atoms with Gasteiger partial charge >= 0.3 is 17.9 Å². The van der Waals surface area contributed by atoms with Gasteiger partial charge in [-0.05, 0) is 44.9 Å². The van der Waals surface area contributed by atoms with Crippen LogP contribution in [0.3, 0.4) is 0 Å². The number of nitrogens with zero attached hydrogens (tertiary/aromatic N) is 1. The van der Waals surface area contributed by atoms with E-state index >= 15 is 0 Å². The number of esters is 2. The summed E-state index contributed by atoms with van der Waals surface area (Å²) in [5, 5.41) is 9.58. The Balaban J connectivity index is 4.54. The van der Waals surface area contributed by atoms with Gasteiger partial charge in [0.1, 0.15) is 6.61 Å². The van der Waals surface area contributed by atoms with E-state index in [4.69, 9.17) is 14.2 Å². The summed E-state index contributed by atoms with van der Waals surface area (Å²) in [4.78, 5) is 36.8. The Morgan fingerprint density at radius 1 is 0.608 bits per heavy atom. The summed E-state index contributed by atoms with van der Waals surface area (Å²) in [6.45, 7) is 4.51. The van der Waals surface area contributed by atoms with E-state index in [0.29, 0.717) is 19.3 Å². The van der Waals surface area contributed by atoms with Crippen molar-refractivity contribution in [3.63, 3.8) is 0 Å². The van der Waals surface area contributed by atoms with Crippen LogP contribution in [-0.2, 0) is 28.6 Å². The molecule has 0 rings (SSSR count). The van der Waals surface area contributed by atoms with Crippen LogP contribution in [0, 0.1) is 0 Å². The Hall–Kier alpha value is -2.97. The Labute approximate surface area is 311 Å². The number of likely N-dealkylation sites (N-methyl/N-ethyl adjacent to an activating group) is 1. The van der Waals surface area contributed by atoms with E-state index in [2.05, 4.69) is 62.5 Å². The van der Waals surface area contributed by atoms with Gasteiger partial charge in [-0.2, -0.15) is 0 Å². The molecular weight excluding hydrogens is 642 g/mol. The van der Waals surface area contributed by atoms with Crippen molar-refractivity contribution < 1.29 is 38.2 Å². The van der Waals surface area contributed by atoms with E-state index in [9.17, 15) is 19.5 Å². The molecule has 2 atom stereocenters. The van der Waals surface area contributed by atoms with Crippen molar-refractivity contribution in [1.82, 2.24) is 0 Å². The highest BCUT2D eigenvalue weighted by atomic mass is 16.6. The third-order valence-electron chi connectivity index (χ3n) is 8.45. The highest BCUT2D eigenvalue weighted by molar-refractivity contribution is 5.72. The number of hydrogen-bond donors (Lipinski definition) is 1. The molecule has 0 aromatic carbocycles. The summed E-state index contributed by atoms with van der Waals surface area (Å²) in [5.41, 5.74) is 0. The smallest absolute Gasteiger partial charge is 0.362 e. The van der Waals surface area contributed by atoms with Gasteiger partial charge in [0, 0.05) is 19.3 Å². The molecule has 0 amide bonds. The maximum atomic E-state index is 12.6. The average Bonchev–Trinajstić information content (AvgIpc) is 3.08. The Kier molecular flexibility index (Phi) is 32.1. The molecular formula is C43H74NO7+. The minimum absolute atomic E-state index is 0.0304. The van der Waals surface area contributed by atoms with Gasteiger partial charge in [-0.25, -0.2) is 4.79 Å². The molecule has 0 aromatic heterocycles. The van der Waals surface area contributed by atoms with Crippen LogP contribution in [0.25, 0.3) is 0 Å². The fraction of sp³-hybridized carbons (Fsp3) is 0.698. The number of carboxylic acids is 1. The molecule has 8 heteroatoms. The second kappa shape index (κ2) is 34.1. The number of aliphatic carboxylic acids is 1. The third-order valence-corrected chi connectivity index (χ3v) is 8.45. The zero-order chi connectivity index (χ0) is 37.8. The second-order valence-corrected chi connectivity index (χ2v) is 14.2. The van der Waals surface area contributed by atoms with Crippen molar-refractivity contribution in [2.45, 2.75) is 154 Å². The summed E-state index contributed by atoms with van der Waals surface area (Å²) in [6, 6.07) is -0.627. The highest BCUT2D eigenvalue weighted by Crippen LogP contribution is 2.13. The summed E-state index contributed by atoms with van der Waals surface area (Å²) < 4.78 is 17.1. The standard InChI is InChI=1S/C43H73NO7/c1-6-8-10-12-14-16-18-19-20-21-22-24-26-28-30-32-34-42(46)51-39(37-49-36-35-40(43(47)48)44(3,4)5)38-50-41(45)33-31-29-27-25-23-17-15-13-11-9-7-2/h8,10,14,16,19-20,22,24,28,30,39-40H,6-7,9,11-13,15,17-18,21,23,25-27,29,31-38H2,1-5H3/p+1/b10-8+,16-14+,20-19+,24-22+,30-28+. The van der Waals surface area contributed by atoms with Gasteiger partial charge in [-0.1, -0.05) is 139 Å².